The zero-order chi connectivity index (χ0) is 22.9. The molecular weight excluding hydrogens is 460 g/mol. The molecule has 1 saturated carbocycles. The summed E-state index contributed by atoms with van der Waals surface area (Å²) in [5.74, 6) is -0.121. The zero-order valence-electron chi connectivity index (χ0n) is 17.6. The van der Waals surface area contributed by atoms with E-state index in [4.69, 9.17) is 11.6 Å². The highest BCUT2D eigenvalue weighted by molar-refractivity contribution is 7.92. The van der Waals surface area contributed by atoms with Crippen LogP contribution >= 0.6 is 11.6 Å². The number of amides is 1. The van der Waals surface area contributed by atoms with Crippen LogP contribution in [0.1, 0.15) is 29.2 Å². The fourth-order valence-electron chi connectivity index (χ4n) is 4.30. The third-order valence-corrected chi connectivity index (χ3v) is 7.85. The molecule has 0 saturated heterocycles. The Bertz CT molecular complexity index is 1560. The van der Waals surface area contributed by atoms with E-state index < -0.39 is 10.0 Å². The number of nitrogens with one attached hydrogen (secondary N) is 1. The molecular formula is C24H19ClN4O3S. The Balaban J connectivity index is 1.51. The van der Waals surface area contributed by atoms with Gasteiger partial charge in [-0.2, -0.15) is 5.10 Å². The molecule has 6 rings (SSSR count). The molecule has 1 aromatic heterocycles. The first-order valence-electron chi connectivity index (χ1n) is 10.5. The summed E-state index contributed by atoms with van der Waals surface area (Å²) in [6.07, 6.45) is 6.01. The average Bonchev–Trinajstić information content (AvgIpc) is 3.48. The molecule has 0 unspecified atom stereocenters. The van der Waals surface area contributed by atoms with Crippen LogP contribution in [0.5, 0.6) is 0 Å². The predicted molar refractivity (Wildman–Crippen MR) is 128 cm³/mol. The average molecular weight is 479 g/mol. The number of carbonyl (C=O) groups excluding carboxylic acids is 1. The lowest BCUT2D eigenvalue weighted by atomic mass is 9.98. The maximum atomic E-state index is 13.1. The molecule has 2 heterocycles. The number of halogens is 1. The zero-order valence-corrected chi connectivity index (χ0v) is 19.2. The van der Waals surface area contributed by atoms with E-state index >= 15 is 0 Å². The van der Waals surface area contributed by atoms with Gasteiger partial charge in [0, 0.05) is 34.6 Å². The molecule has 166 valence electrons. The van der Waals surface area contributed by atoms with E-state index in [1.54, 1.807) is 30.3 Å². The fourth-order valence-corrected chi connectivity index (χ4v) is 5.51. The Morgan fingerprint density at radius 1 is 1.06 bits per heavy atom. The Hall–Kier alpha value is -3.36. The number of carbonyl (C=O) groups is 1. The van der Waals surface area contributed by atoms with Crippen molar-refractivity contribution >= 4 is 49.7 Å². The molecule has 0 atom stereocenters. The largest absolute Gasteiger partial charge is 0.311 e. The summed E-state index contributed by atoms with van der Waals surface area (Å²) < 4.78 is 30.8. The van der Waals surface area contributed by atoms with Crippen molar-refractivity contribution < 1.29 is 13.2 Å². The summed E-state index contributed by atoms with van der Waals surface area (Å²) in [5.41, 5.74) is 3.41. The van der Waals surface area contributed by atoms with Crippen LogP contribution in [-0.4, -0.2) is 31.2 Å². The number of benzene rings is 3. The predicted octanol–water partition coefficient (Wildman–Crippen LogP) is 5.08. The van der Waals surface area contributed by atoms with E-state index in [-0.39, 0.29) is 10.8 Å². The van der Waals surface area contributed by atoms with Gasteiger partial charge in [0.15, 0.2) is 0 Å². The van der Waals surface area contributed by atoms with Crippen LogP contribution in [0, 0.1) is 0 Å². The quantitative estimate of drug-likeness (QED) is 0.433. The second-order valence-corrected chi connectivity index (χ2v) is 10.6. The molecule has 1 N–H and O–H groups in total. The topological polar surface area (TPSA) is 84.3 Å². The van der Waals surface area contributed by atoms with E-state index in [1.807, 2.05) is 23.0 Å². The van der Waals surface area contributed by atoms with Gasteiger partial charge in [-0.05, 0) is 66.9 Å². The Morgan fingerprint density at radius 2 is 1.82 bits per heavy atom. The number of aromatic nitrogens is 2. The number of nitrogens with zero attached hydrogens (tertiary/aromatic N) is 3. The number of rotatable bonds is 5. The molecule has 0 radical (unpaired) electrons. The van der Waals surface area contributed by atoms with E-state index in [0.29, 0.717) is 27.7 Å². The summed E-state index contributed by atoms with van der Waals surface area (Å²) in [6, 6.07) is 13.7. The standard InChI is InChI=1S/C24H19ClN4O3S/c1-28-22-9-8-21(27-33(31,32)18-6-2-16(25)3-7-18)19-10-14(11-20(23(19)22)24(28)30)15-12-26-29(13-15)17-4-5-17/h2-3,6-13,17,27H,4-5H2,1H3. The molecule has 0 spiro atoms. The summed E-state index contributed by atoms with van der Waals surface area (Å²) in [5, 5.41) is 6.32. The Kier molecular flexibility index (Phi) is 4.34. The lowest BCUT2D eigenvalue weighted by Gasteiger charge is -2.14. The number of sulfonamides is 1. The van der Waals surface area contributed by atoms with Crippen molar-refractivity contribution in [2.75, 3.05) is 16.7 Å². The first-order valence-corrected chi connectivity index (χ1v) is 12.4. The molecule has 33 heavy (non-hydrogen) atoms. The van der Waals surface area contributed by atoms with E-state index in [2.05, 4.69) is 9.82 Å². The van der Waals surface area contributed by atoms with Gasteiger partial charge < -0.3 is 4.90 Å². The van der Waals surface area contributed by atoms with Crippen molar-refractivity contribution in [3.63, 3.8) is 0 Å². The second-order valence-electron chi connectivity index (χ2n) is 8.44. The molecule has 1 aliphatic carbocycles. The smallest absolute Gasteiger partial charge is 0.261 e. The molecule has 1 amide bonds. The van der Waals surface area contributed by atoms with Crippen molar-refractivity contribution in [3.8, 4) is 11.1 Å². The van der Waals surface area contributed by atoms with E-state index in [0.717, 1.165) is 35.0 Å². The molecule has 1 fully saturated rings. The summed E-state index contributed by atoms with van der Waals surface area (Å²) in [6.45, 7) is 0. The molecule has 3 aromatic carbocycles. The third kappa shape index (κ3) is 3.29. The SMILES string of the molecule is CN1C(=O)c2cc(-c3cnn(C4CC4)c3)cc3c(NS(=O)(=O)c4ccc(Cl)cc4)ccc1c23. The van der Waals surface area contributed by atoms with Crippen molar-refractivity contribution in [3.05, 3.63) is 71.5 Å². The van der Waals surface area contributed by atoms with Crippen LogP contribution in [0.3, 0.4) is 0 Å². The van der Waals surface area contributed by atoms with Gasteiger partial charge in [0.2, 0.25) is 0 Å². The van der Waals surface area contributed by atoms with Crippen molar-refractivity contribution in [2.24, 2.45) is 0 Å². The van der Waals surface area contributed by atoms with E-state index in [1.165, 1.54) is 24.3 Å². The van der Waals surface area contributed by atoms with Gasteiger partial charge in [-0.3, -0.25) is 14.2 Å². The molecule has 2 aliphatic rings. The summed E-state index contributed by atoms with van der Waals surface area (Å²) >= 11 is 5.91. The van der Waals surface area contributed by atoms with E-state index in [9.17, 15) is 13.2 Å². The summed E-state index contributed by atoms with van der Waals surface area (Å²) in [7, 11) is -2.13. The number of hydrogen-bond acceptors (Lipinski definition) is 4. The van der Waals surface area contributed by atoms with Crippen LogP contribution in [0.25, 0.3) is 21.9 Å². The lowest BCUT2D eigenvalue weighted by molar-refractivity contribution is 0.0999. The van der Waals surface area contributed by atoms with Crippen LogP contribution in [-0.2, 0) is 10.0 Å². The monoisotopic (exact) mass is 478 g/mol. The van der Waals surface area contributed by atoms with Crippen molar-refractivity contribution in [1.29, 1.82) is 0 Å². The fraction of sp³-hybridized carbons (Fsp3) is 0.167. The maximum Gasteiger partial charge on any atom is 0.261 e. The molecule has 1 aliphatic heterocycles. The van der Waals surface area contributed by atoms with Crippen molar-refractivity contribution in [2.45, 2.75) is 23.8 Å². The highest BCUT2D eigenvalue weighted by atomic mass is 35.5. The number of anilines is 2. The van der Waals surface area contributed by atoms with Crippen LogP contribution in [0.15, 0.2) is 65.8 Å². The second kappa shape index (κ2) is 7.07. The third-order valence-electron chi connectivity index (χ3n) is 6.21. The first kappa shape index (κ1) is 20.3. The highest BCUT2D eigenvalue weighted by Gasteiger charge is 2.30. The van der Waals surface area contributed by atoms with Gasteiger partial charge in [-0.1, -0.05) is 11.6 Å². The Morgan fingerprint density at radius 3 is 2.55 bits per heavy atom. The Labute approximate surface area is 195 Å². The molecule has 7 nitrogen and oxygen atoms in total. The van der Waals surface area contributed by atoms with Gasteiger partial charge in [-0.25, -0.2) is 8.42 Å². The minimum Gasteiger partial charge on any atom is -0.311 e. The molecule has 4 aromatic rings. The van der Waals surface area contributed by atoms with Crippen LogP contribution < -0.4 is 9.62 Å². The first-order chi connectivity index (χ1) is 15.8. The normalized spacial score (nSPS) is 15.5. The maximum absolute atomic E-state index is 13.1. The van der Waals surface area contributed by atoms with Gasteiger partial charge in [0.1, 0.15) is 0 Å². The lowest BCUT2D eigenvalue weighted by Crippen LogP contribution is -2.20. The van der Waals surface area contributed by atoms with Gasteiger partial charge in [0.25, 0.3) is 15.9 Å². The molecule has 0 bridgehead atoms. The highest BCUT2D eigenvalue weighted by Crippen LogP contribution is 2.43. The van der Waals surface area contributed by atoms with Gasteiger partial charge in [0.05, 0.1) is 34.1 Å². The van der Waals surface area contributed by atoms with Crippen LogP contribution in [0.4, 0.5) is 11.4 Å². The minimum absolute atomic E-state index is 0.106. The summed E-state index contributed by atoms with van der Waals surface area (Å²) in [4.78, 5) is 14.7. The van der Waals surface area contributed by atoms with Gasteiger partial charge >= 0.3 is 0 Å². The minimum atomic E-state index is -3.85. The number of hydrogen-bond donors (Lipinski definition) is 1. The van der Waals surface area contributed by atoms with Crippen LogP contribution in [0.2, 0.25) is 5.02 Å². The van der Waals surface area contributed by atoms with Gasteiger partial charge in [-0.15, -0.1) is 0 Å². The van der Waals surface area contributed by atoms with Crippen molar-refractivity contribution in [1.82, 2.24) is 9.78 Å². The molecule has 9 heteroatoms.